The highest BCUT2D eigenvalue weighted by Gasteiger charge is 2.37. The van der Waals surface area contributed by atoms with Crippen LogP contribution in [0.2, 0.25) is 4.34 Å². The van der Waals surface area contributed by atoms with Crippen LogP contribution in [0.15, 0.2) is 65.6 Å². The Morgan fingerprint density at radius 2 is 1.89 bits per heavy atom. The Morgan fingerprint density at radius 3 is 2.54 bits per heavy atom. The van der Waals surface area contributed by atoms with Gasteiger partial charge in [0.05, 0.1) is 33.6 Å². The molecule has 0 bridgehead atoms. The number of carbonyl (C=O) groups is 3. The van der Waals surface area contributed by atoms with Gasteiger partial charge >= 0.3 is 5.97 Å². The molecule has 10 nitrogen and oxygen atoms in total. The standard InChI is InChI=1S/C24H22ClFN4O6S/c25-20-9-8-19(37-20)24(35)27-17-11-28(12-18(17)36-14-23(33)34)13-22(32)30(26)16-6-4-15(5-7-16)29-10-2-1-3-21(29)31/h1-10,17-18H,11-14H2,(H,27,35)(H,33,34)/t17-,18-/m0/s1. The minimum absolute atomic E-state index is 0.00418. The van der Waals surface area contributed by atoms with Crippen LogP contribution in [0.4, 0.5) is 10.2 Å². The number of likely N-dealkylation sites (tertiary alicyclic amines) is 1. The molecule has 0 radical (unpaired) electrons. The summed E-state index contributed by atoms with van der Waals surface area (Å²) in [5, 5.41) is 11.8. The molecule has 2 amide bonds. The topological polar surface area (TPSA) is 121 Å². The van der Waals surface area contributed by atoms with Crippen LogP contribution in [0.3, 0.4) is 0 Å². The summed E-state index contributed by atoms with van der Waals surface area (Å²) >= 11 is 6.98. The molecule has 0 spiro atoms. The Morgan fingerprint density at radius 1 is 1.14 bits per heavy atom. The normalized spacial score (nSPS) is 17.5. The first-order valence-electron chi connectivity index (χ1n) is 11.1. The third kappa shape index (κ3) is 6.60. The molecular formula is C24H22ClFN4O6S. The van der Waals surface area contributed by atoms with Crippen molar-refractivity contribution >= 4 is 46.4 Å². The Bertz CT molecular complexity index is 1350. The predicted molar refractivity (Wildman–Crippen MR) is 135 cm³/mol. The summed E-state index contributed by atoms with van der Waals surface area (Å²) in [5.41, 5.74) is 0.245. The van der Waals surface area contributed by atoms with Crippen LogP contribution >= 0.6 is 22.9 Å². The second-order valence-corrected chi connectivity index (χ2v) is 9.94. The first kappa shape index (κ1) is 26.5. The monoisotopic (exact) mass is 548 g/mol. The van der Waals surface area contributed by atoms with E-state index < -0.39 is 36.5 Å². The van der Waals surface area contributed by atoms with E-state index in [1.807, 2.05) is 0 Å². The lowest BCUT2D eigenvalue weighted by atomic mass is 10.2. The SMILES string of the molecule is O=C(O)CO[C@H]1CN(CC(=O)N(F)c2ccc(-n3ccccc3=O)cc2)C[C@@H]1NC(=O)c1ccc(Cl)s1. The molecule has 1 fully saturated rings. The fourth-order valence-corrected chi connectivity index (χ4v) is 4.87. The average molecular weight is 549 g/mol. The van der Waals surface area contributed by atoms with E-state index in [1.54, 1.807) is 35.4 Å². The van der Waals surface area contributed by atoms with Gasteiger partial charge < -0.3 is 15.2 Å². The number of carboxylic acids is 1. The van der Waals surface area contributed by atoms with E-state index >= 15 is 0 Å². The van der Waals surface area contributed by atoms with Crippen molar-refractivity contribution in [3.63, 3.8) is 0 Å². The first-order valence-corrected chi connectivity index (χ1v) is 12.3. The molecule has 13 heteroatoms. The zero-order chi connectivity index (χ0) is 26.5. The van der Waals surface area contributed by atoms with E-state index in [2.05, 4.69) is 5.32 Å². The van der Waals surface area contributed by atoms with Crippen LogP contribution in [0, 0.1) is 0 Å². The molecule has 2 atom stereocenters. The van der Waals surface area contributed by atoms with Gasteiger partial charge in [0.15, 0.2) is 0 Å². The van der Waals surface area contributed by atoms with Crippen LogP contribution < -0.4 is 16.0 Å². The van der Waals surface area contributed by atoms with Crippen LogP contribution in [-0.2, 0) is 14.3 Å². The second-order valence-electron chi connectivity index (χ2n) is 8.22. The van der Waals surface area contributed by atoms with Gasteiger partial charge in [0.25, 0.3) is 17.4 Å². The third-order valence-corrected chi connectivity index (χ3v) is 6.86. The predicted octanol–water partition coefficient (Wildman–Crippen LogP) is 2.35. The minimum Gasteiger partial charge on any atom is -0.480 e. The number of halogens is 2. The molecule has 1 aromatic carbocycles. The van der Waals surface area contributed by atoms with E-state index in [0.717, 1.165) is 11.3 Å². The second kappa shape index (κ2) is 11.6. The molecule has 0 aliphatic carbocycles. The van der Waals surface area contributed by atoms with Crippen molar-refractivity contribution in [1.82, 2.24) is 14.8 Å². The van der Waals surface area contributed by atoms with E-state index in [-0.39, 0.29) is 36.0 Å². The van der Waals surface area contributed by atoms with Gasteiger partial charge in [-0.25, -0.2) is 4.79 Å². The summed E-state index contributed by atoms with van der Waals surface area (Å²) in [7, 11) is 0. The largest absolute Gasteiger partial charge is 0.480 e. The molecule has 4 rings (SSSR count). The molecule has 37 heavy (non-hydrogen) atoms. The molecule has 1 aliphatic heterocycles. The molecule has 0 saturated carbocycles. The third-order valence-electron chi connectivity index (χ3n) is 5.63. The van der Waals surface area contributed by atoms with E-state index in [9.17, 15) is 23.7 Å². The number of thiophene rings is 1. The number of rotatable bonds is 9. The summed E-state index contributed by atoms with van der Waals surface area (Å²) in [4.78, 5) is 50.1. The number of carbonyl (C=O) groups excluding carboxylic acids is 2. The number of nitrogens with zero attached hydrogens (tertiary/aromatic N) is 3. The summed E-state index contributed by atoms with van der Waals surface area (Å²) in [5.74, 6) is -2.46. The molecule has 1 aliphatic rings. The average Bonchev–Trinajstić information content (AvgIpc) is 3.48. The van der Waals surface area contributed by atoms with Gasteiger partial charge in [0, 0.05) is 31.0 Å². The van der Waals surface area contributed by atoms with Crippen molar-refractivity contribution in [2.75, 3.05) is 31.4 Å². The Labute approximate surface area is 219 Å². The number of benzene rings is 1. The van der Waals surface area contributed by atoms with Crippen molar-refractivity contribution in [3.05, 3.63) is 80.4 Å². The van der Waals surface area contributed by atoms with Crippen LogP contribution in [-0.4, -0.2) is 70.7 Å². The highest BCUT2D eigenvalue weighted by Crippen LogP contribution is 2.23. The minimum atomic E-state index is -1.18. The molecule has 2 aromatic heterocycles. The number of carboxylic acid groups (broad SMARTS) is 1. The van der Waals surface area contributed by atoms with Gasteiger partial charge in [-0.3, -0.25) is 23.9 Å². The fraction of sp³-hybridized carbons (Fsp3) is 0.250. The van der Waals surface area contributed by atoms with E-state index in [4.69, 9.17) is 21.4 Å². The molecular weight excluding hydrogens is 527 g/mol. The number of nitrogens with one attached hydrogen (secondary N) is 1. The van der Waals surface area contributed by atoms with Crippen molar-refractivity contribution in [3.8, 4) is 5.69 Å². The molecule has 1 saturated heterocycles. The molecule has 0 unspecified atom stereocenters. The number of ether oxygens (including phenoxy) is 1. The summed E-state index contributed by atoms with van der Waals surface area (Å²) in [6.07, 6.45) is 0.855. The molecule has 194 valence electrons. The zero-order valence-corrected chi connectivity index (χ0v) is 20.8. The maximum absolute atomic E-state index is 14.9. The van der Waals surface area contributed by atoms with Gasteiger partial charge in [0.1, 0.15) is 6.61 Å². The Hall–Kier alpha value is -3.58. The lowest BCUT2D eigenvalue weighted by Crippen LogP contribution is -2.44. The number of amides is 2. The number of hydrogen-bond acceptors (Lipinski definition) is 7. The molecule has 2 N–H and O–H groups in total. The Balaban J connectivity index is 1.40. The Kier molecular flexibility index (Phi) is 8.34. The highest BCUT2D eigenvalue weighted by atomic mass is 35.5. The van der Waals surface area contributed by atoms with Crippen molar-refractivity contribution in [2.24, 2.45) is 0 Å². The van der Waals surface area contributed by atoms with Gasteiger partial charge in [0.2, 0.25) is 0 Å². The lowest BCUT2D eigenvalue weighted by Gasteiger charge is -2.19. The molecule has 3 aromatic rings. The van der Waals surface area contributed by atoms with Crippen LogP contribution in [0.5, 0.6) is 0 Å². The fourth-order valence-electron chi connectivity index (χ4n) is 3.92. The van der Waals surface area contributed by atoms with E-state index in [1.165, 1.54) is 34.9 Å². The van der Waals surface area contributed by atoms with Gasteiger partial charge in [-0.1, -0.05) is 22.1 Å². The quantitative estimate of drug-likeness (QED) is 0.394. The van der Waals surface area contributed by atoms with Gasteiger partial charge in [-0.15, -0.1) is 16.5 Å². The smallest absolute Gasteiger partial charge is 0.329 e. The van der Waals surface area contributed by atoms with Crippen LogP contribution in [0.1, 0.15) is 9.67 Å². The zero-order valence-electron chi connectivity index (χ0n) is 19.3. The number of anilines is 1. The molecule has 3 heterocycles. The van der Waals surface area contributed by atoms with Crippen LogP contribution in [0.25, 0.3) is 5.69 Å². The lowest BCUT2D eigenvalue weighted by molar-refractivity contribution is -0.144. The van der Waals surface area contributed by atoms with E-state index in [0.29, 0.717) is 14.9 Å². The van der Waals surface area contributed by atoms with Gasteiger partial charge in [-0.05, 0) is 42.5 Å². The first-order chi connectivity index (χ1) is 17.7. The maximum atomic E-state index is 14.9. The maximum Gasteiger partial charge on any atom is 0.329 e. The summed E-state index contributed by atoms with van der Waals surface area (Å²) in [6.45, 7) is -0.667. The van der Waals surface area contributed by atoms with Crippen molar-refractivity contribution in [2.45, 2.75) is 12.1 Å². The number of hydrogen-bond donors (Lipinski definition) is 2. The summed E-state index contributed by atoms with van der Waals surface area (Å²) in [6, 6.07) is 13.0. The van der Waals surface area contributed by atoms with Gasteiger partial charge in [-0.2, -0.15) is 0 Å². The van der Waals surface area contributed by atoms with Crippen molar-refractivity contribution < 1.29 is 28.7 Å². The number of aromatic nitrogens is 1. The highest BCUT2D eigenvalue weighted by molar-refractivity contribution is 7.18. The number of pyridine rings is 1. The summed E-state index contributed by atoms with van der Waals surface area (Å²) < 4.78 is 22.1. The number of aliphatic carboxylic acids is 1. The van der Waals surface area contributed by atoms with Crippen molar-refractivity contribution in [1.29, 1.82) is 0 Å².